The van der Waals surface area contributed by atoms with E-state index in [4.69, 9.17) is 21.1 Å². The first-order chi connectivity index (χ1) is 15.0. The topological polar surface area (TPSA) is 102 Å². The Labute approximate surface area is 183 Å². The molecule has 1 aliphatic rings. The van der Waals surface area contributed by atoms with E-state index < -0.39 is 0 Å². The smallest absolute Gasteiger partial charge is 0.319 e. The summed E-state index contributed by atoms with van der Waals surface area (Å²) in [5.74, 6) is 1.09. The van der Waals surface area contributed by atoms with E-state index in [2.05, 4.69) is 20.9 Å². The van der Waals surface area contributed by atoms with Crippen LogP contribution >= 0.6 is 11.6 Å². The number of methoxy groups -OCH3 is 1. The largest absolute Gasteiger partial charge is 0.496 e. The summed E-state index contributed by atoms with van der Waals surface area (Å²) >= 11 is 6.23. The van der Waals surface area contributed by atoms with E-state index in [0.717, 1.165) is 12.8 Å². The van der Waals surface area contributed by atoms with Crippen molar-refractivity contribution >= 4 is 40.1 Å². The van der Waals surface area contributed by atoms with E-state index in [1.807, 2.05) is 0 Å². The molecule has 0 atom stereocenters. The number of nitrogens with zero attached hydrogens (tertiary/aromatic N) is 1. The lowest BCUT2D eigenvalue weighted by molar-refractivity contribution is 0.0960. The predicted molar refractivity (Wildman–Crippen MR) is 118 cm³/mol. The number of hydrogen-bond acceptors (Lipinski definition) is 5. The Hall–Kier alpha value is -3.52. The third-order valence-electron chi connectivity index (χ3n) is 4.82. The van der Waals surface area contributed by atoms with Gasteiger partial charge in [-0.3, -0.25) is 9.78 Å². The molecule has 3 N–H and O–H groups in total. The second-order valence-corrected chi connectivity index (χ2v) is 7.48. The van der Waals surface area contributed by atoms with Crippen LogP contribution in [0.15, 0.2) is 42.6 Å². The minimum absolute atomic E-state index is 0.230. The lowest BCUT2D eigenvalue weighted by Gasteiger charge is -2.14. The maximum absolute atomic E-state index is 12.3. The van der Waals surface area contributed by atoms with Gasteiger partial charge in [-0.25, -0.2) is 4.79 Å². The number of aromatic nitrogens is 1. The van der Waals surface area contributed by atoms with Gasteiger partial charge in [-0.05, 0) is 37.1 Å². The highest BCUT2D eigenvalue weighted by Crippen LogP contribution is 2.35. The monoisotopic (exact) mass is 440 g/mol. The Morgan fingerprint density at radius 3 is 2.65 bits per heavy atom. The summed E-state index contributed by atoms with van der Waals surface area (Å²) in [4.78, 5) is 28.7. The molecule has 1 aromatic heterocycles. The zero-order chi connectivity index (χ0) is 22.0. The first-order valence-corrected chi connectivity index (χ1v) is 10.1. The molecule has 160 valence electrons. The molecule has 31 heavy (non-hydrogen) atoms. The summed E-state index contributed by atoms with van der Waals surface area (Å²) in [7, 11) is 3.05. The molecule has 9 heteroatoms. The van der Waals surface area contributed by atoms with Gasteiger partial charge in [0.15, 0.2) is 0 Å². The fourth-order valence-electron chi connectivity index (χ4n) is 3.08. The summed E-state index contributed by atoms with van der Waals surface area (Å²) in [5.41, 5.74) is 1.41. The van der Waals surface area contributed by atoms with Crippen molar-refractivity contribution in [2.24, 2.45) is 0 Å². The van der Waals surface area contributed by atoms with E-state index in [1.165, 1.54) is 7.11 Å². The maximum Gasteiger partial charge on any atom is 0.319 e. The van der Waals surface area contributed by atoms with Crippen LogP contribution in [0.3, 0.4) is 0 Å². The highest BCUT2D eigenvalue weighted by molar-refractivity contribution is 6.33. The van der Waals surface area contributed by atoms with E-state index in [-0.39, 0.29) is 18.0 Å². The first kappa shape index (κ1) is 20.7. The molecule has 8 nitrogen and oxygen atoms in total. The van der Waals surface area contributed by atoms with Crippen LogP contribution in [0.1, 0.15) is 23.2 Å². The van der Waals surface area contributed by atoms with Crippen molar-refractivity contribution in [3.63, 3.8) is 0 Å². The summed E-state index contributed by atoms with van der Waals surface area (Å²) in [6.45, 7) is 0. The summed E-state index contributed by atoms with van der Waals surface area (Å²) in [6.07, 6.45) is 3.58. The third kappa shape index (κ3) is 4.64. The fraction of sp³-hybridized carbons (Fsp3) is 0.227. The predicted octanol–water partition coefficient (Wildman–Crippen LogP) is 4.33. The van der Waals surface area contributed by atoms with E-state index in [1.54, 1.807) is 49.6 Å². The molecule has 0 unspecified atom stereocenters. The number of amides is 3. The zero-order valence-electron chi connectivity index (χ0n) is 17.0. The molecular weight excluding hydrogens is 420 g/mol. The van der Waals surface area contributed by atoms with Crippen LogP contribution in [-0.4, -0.2) is 37.1 Å². The molecule has 0 bridgehead atoms. The van der Waals surface area contributed by atoms with Gasteiger partial charge in [0.05, 0.1) is 28.9 Å². The molecule has 4 rings (SSSR count). The van der Waals surface area contributed by atoms with Gasteiger partial charge in [0.25, 0.3) is 5.91 Å². The summed E-state index contributed by atoms with van der Waals surface area (Å²) in [6, 6.07) is 9.96. The number of carbonyl (C=O) groups is 2. The van der Waals surface area contributed by atoms with Crippen LogP contribution < -0.4 is 25.4 Å². The molecule has 0 saturated heterocycles. The van der Waals surface area contributed by atoms with E-state index >= 15 is 0 Å². The van der Waals surface area contributed by atoms with Crippen LogP contribution in [0.2, 0.25) is 5.02 Å². The number of halogens is 1. The number of ether oxygens (including phenoxy) is 2. The average Bonchev–Trinajstić information content (AvgIpc) is 3.58. The zero-order valence-corrected chi connectivity index (χ0v) is 17.7. The number of rotatable bonds is 6. The Morgan fingerprint density at radius 1 is 1.13 bits per heavy atom. The standard InChI is InChI=1S/C22H21ClN4O4/c1-24-21(28)15-10-14-17(11-20(15)30-2)25-8-7-19(14)31-13-5-6-16(23)18(9-13)27-22(29)26-12-3-4-12/h5-12H,3-4H2,1-2H3,(H,24,28)(H2,26,27,29). The Kier molecular flexibility index (Phi) is 5.81. The third-order valence-corrected chi connectivity index (χ3v) is 5.15. The molecule has 3 aromatic rings. The maximum atomic E-state index is 12.3. The van der Waals surface area contributed by atoms with Gasteiger partial charge >= 0.3 is 6.03 Å². The molecule has 1 aliphatic carbocycles. The lowest BCUT2D eigenvalue weighted by atomic mass is 10.1. The van der Waals surface area contributed by atoms with Crippen molar-refractivity contribution < 1.29 is 19.1 Å². The normalized spacial score (nSPS) is 12.9. The van der Waals surface area contributed by atoms with Gasteiger partial charge in [0, 0.05) is 36.8 Å². The molecular formula is C22H21ClN4O4. The number of carbonyl (C=O) groups excluding carboxylic acids is 2. The highest BCUT2D eigenvalue weighted by atomic mass is 35.5. The van der Waals surface area contributed by atoms with Gasteiger partial charge in [-0.2, -0.15) is 0 Å². The van der Waals surface area contributed by atoms with Gasteiger partial charge < -0.3 is 25.4 Å². The molecule has 1 fully saturated rings. The minimum atomic E-state index is -0.307. The number of hydrogen-bond donors (Lipinski definition) is 3. The Bertz CT molecular complexity index is 1160. The van der Waals surface area contributed by atoms with Crippen molar-refractivity contribution in [2.75, 3.05) is 19.5 Å². The number of nitrogens with one attached hydrogen (secondary N) is 3. The lowest BCUT2D eigenvalue weighted by Crippen LogP contribution is -2.30. The number of pyridine rings is 1. The van der Waals surface area contributed by atoms with Gasteiger partial charge in [-0.1, -0.05) is 11.6 Å². The second-order valence-electron chi connectivity index (χ2n) is 7.07. The molecule has 1 heterocycles. The van der Waals surface area contributed by atoms with Crippen LogP contribution in [0, 0.1) is 0 Å². The van der Waals surface area contributed by atoms with Crippen molar-refractivity contribution in [1.29, 1.82) is 0 Å². The molecule has 1 saturated carbocycles. The first-order valence-electron chi connectivity index (χ1n) is 9.72. The van der Waals surface area contributed by atoms with Gasteiger partial charge in [-0.15, -0.1) is 0 Å². The molecule has 0 spiro atoms. The van der Waals surface area contributed by atoms with E-state index in [0.29, 0.717) is 44.4 Å². The number of urea groups is 1. The summed E-state index contributed by atoms with van der Waals surface area (Å²) in [5, 5.41) is 9.22. The molecule has 3 amide bonds. The number of benzene rings is 2. The van der Waals surface area contributed by atoms with Crippen molar-refractivity contribution in [3.05, 3.63) is 53.2 Å². The van der Waals surface area contributed by atoms with Gasteiger partial charge in [0.2, 0.25) is 0 Å². The molecule has 0 radical (unpaired) electrons. The highest BCUT2D eigenvalue weighted by Gasteiger charge is 2.23. The fourth-order valence-corrected chi connectivity index (χ4v) is 3.25. The van der Waals surface area contributed by atoms with Crippen LogP contribution in [0.25, 0.3) is 10.9 Å². The second kappa shape index (κ2) is 8.69. The molecule has 2 aromatic carbocycles. The molecule has 0 aliphatic heterocycles. The van der Waals surface area contributed by atoms with Crippen LogP contribution in [-0.2, 0) is 0 Å². The summed E-state index contributed by atoms with van der Waals surface area (Å²) < 4.78 is 11.4. The van der Waals surface area contributed by atoms with E-state index in [9.17, 15) is 9.59 Å². The Morgan fingerprint density at radius 2 is 1.94 bits per heavy atom. The van der Waals surface area contributed by atoms with Crippen molar-refractivity contribution in [3.8, 4) is 17.2 Å². The minimum Gasteiger partial charge on any atom is -0.496 e. The number of fused-ring (bicyclic) bond motifs is 1. The van der Waals surface area contributed by atoms with Crippen molar-refractivity contribution in [1.82, 2.24) is 15.6 Å². The average molecular weight is 441 g/mol. The SMILES string of the molecule is CNC(=O)c1cc2c(Oc3ccc(Cl)c(NC(=O)NC4CC4)c3)ccnc2cc1OC. The Balaban J connectivity index is 1.65. The van der Waals surface area contributed by atoms with Crippen LogP contribution in [0.5, 0.6) is 17.2 Å². The quantitative estimate of drug-likeness (QED) is 0.529. The van der Waals surface area contributed by atoms with Crippen LogP contribution in [0.4, 0.5) is 10.5 Å². The van der Waals surface area contributed by atoms with Gasteiger partial charge in [0.1, 0.15) is 17.2 Å². The van der Waals surface area contributed by atoms with Crippen molar-refractivity contribution in [2.45, 2.75) is 18.9 Å². The number of anilines is 1.